The van der Waals surface area contributed by atoms with Crippen LogP contribution in [-0.2, 0) is 178 Å². The maximum atomic E-state index is 4.82. The summed E-state index contributed by atoms with van der Waals surface area (Å²) in [5.41, 5.74) is 39.9. The summed E-state index contributed by atoms with van der Waals surface area (Å²) in [5, 5.41) is 0. The Kier molecular flexibility index (Phi) is 39.8. The number of benzene rings is 10. The van der Waals surface area contributed by atoms with E-state index in [0.717, 1.165) is 148 Å². The molecule has 7 aliphatic rings. The Balaban J connectivity index is 0.000000145. The van der Waals surface area contributed by atoms with Gasteiger partial charge in [0.1, 0.15) is 6.20 Å². The number of fused-ring (bicyclic) bond motifs is 7. The third kappa shape index (κ3) is 28.0. The Morgan fingerprint density at radius 1 is 0.336 bits per heavy atom. The van der Waals surface area contributed by atoms with Crippen LogP contribution < -0.4 is 4.57 Å². The Bertz CT molecular complexity index is 6930. The Morgan fingerprint density at radius 3 is 1.38 bits per heavy atom. The van der Waals surface area contributed by atoms with Crippen molar-refractivity contribution in [3.63, 3.8) is 0 Å². The first-order valence-corrected chi connectivity index (χ1v) is 49.6. The predicted molar refractivity (Wildman–Crippen MR) is 559 cm³/mol. The van der Waals surface area contributed by atoms with Gasteiger partial charge in [0, 0.05) is 149 Å². The van der Waals surface area contributed by atoms with Gasteiger partial charge < -0.3 is 39.5 Å². The summed E-state index contributed by atoms with van der Waals surface area (Å²) in [5.74, 6) is 3.85. The van der Waals surface area contributed by atoms with Gasteiger partial charge in [0.2, 0.25) is 0 Å². The van der Waals surface area contributed by atoms with Crippen molar-refractivity contribution in [1.82, 2.24) is 34.9 Å². The van der Waals surface area contributed by atoms with Gasteiger partial charge in [0.15, 0.2) is 0 Å². The Morgan fingerprint density at radius 2 is 0.825 bits per heavy atom. The predicted octanol–water partition coefficient (Wildman–Crippen LogP) is 29.0. The van der Waals surface area contributed by atoms with Gasteiger partial charge in [-0.25, -0.2) is 0 Å². The number of rotatable bonds is 20. The van der Waals surface area contributed by atoms with Gasteiger partial charge in [-0.3, -0.25) is 0 Å². The van der Waals surface area contributed by atoms with E-state index in [0.29, 0.717) is 11.3 Å². The molecule has 0 aliphatic heterocycles. The van der Waals surface area contributed by atoms with E-state index in [4.69, 9.17) is 19.9 Å². The first-order chi connectivity index (χ1) is 67.9. The summed E-state index contributed by atoms with van der Waals surface area (Å²) in [6.07, 6.45) is 40.9. The molecule has 0 spiro atoms. The summed E-state index contributed by atoms with van der Waals surface area (Å²) in [6, 6.07) is 135. The topological polar surface area (TPSA) is 94.1 Å². The van der Waals surface area contributed by atoms with E-state index in [1.807, 2.05) is 199 Å². The van der Waals surface area contributed by atoms with E-state index in [1.54, 1.807) is 23.5 Å². The molecule has 0 N–H and O–H groups in total. The van der Waals surface area contributed by atoms with Gasteiger partial charge in [0.25, 0.3) is 0 Å². The molecule has 4 unspecified atom stereocenters. The molecular formula is C130H116Ir5N8-8. The van der Waals surface area contributed by atoms with Crippen molar-refractivity contribution in [2.45, 2.75) is 174 Å². The van der Waals surface area contributed by atoms with E-state index in [2.05, 4.69) is 249 Å². The van der Waals surface area contributed by atoms with E-state index < -0.39 is 0 Å². The molecule has 25 rings (SSSR count). The van der Waals surface area contributed by atoms with Crippen LogP contribution in [0.2, 0.25) is 0 Å². The summed E-state index contributed by atoms with van der Waals surface area (Å²) >= 11 is 0. The number of aromatic nitrogens is 8. The molecular weight excluding hydrogens is 2630 g/mol. The van der Waals surface area contributed by atoms with E-state index >= 15 is 0 Å². The van der Waals surface area contributed by atoms with Gasteiger partial charge >= 0.3 is 0 Å². The molecule has 2 saturated carbocycles. The van der Waals surface area contributed by atoms with Gasteiger partial charge in [0.05, 0.1) is 6.20 Å². The number of hydrogen-bond acceptors (Lipinski definition) is 7. The maximum Gasteiger partial charge on any atom is 0.150 e. The normalized spacial score (nSPS) is 15.1. The van der Waals surface area contributed by atoms with Gasteiger partial charge in [-0.15, -0.1) is 261 Å². The number of nitrogens with zero attached hydrogens (tertiary/aromatic N) is 8. The minimum Gasteiger partial charge on any atom is -0.307 e. The second-order valence-electron chi connectivity index (χ2n) is 38.4. The van der Waals surface area contributed by atoms with Crippen LogP contribution in [0.25, 0.3) is 95.6 Å². The van der Waals surface area contributed by atoms with Crippen molar-refractivity contribution in [2.75, 3.05) is 0 Å². The summed E-state index contributed by atoms with van der Waals surface area (Å²) < 4.78 is 1.99. The second kappa shape index (κ2) is 53.0. The number of pyridine rings is 8. The van der Waals surface area contributed by atoms with Crippen LogP contribution in [0.4, 0.5) is 0 Å². The molecule has 18 aromatic rings. The zero-order chi connectivity index (χ0) is 93.6. The maximum absolute atomic E-state index is 4.82. The first-order valence-electron chi connectivity index (χ1n) is 49.6. The van der Waals surface area contributed by atoms with Crippen molar-refractivity contribution in [1.29, 1.82) is 0 Å². The molecule has 8 heterocycles. The molecule has 2 fully saturated rings. The molecule has 13 heteroatoms. The fraction of sp³-hybridized carbons (Fsp3) is 0.231. The summed E-state index contributed by atoms with van der Waals surface area (Å²) in [4.78, 5) is 32.3. The van der Waals surface area contributed by atoms with E-state index in [9.17, 15) is 0 Å². The number of aryl methyl sites for hydroxylation is 10. The van der Waals surface area contributed by atoms with Crippen LogP contribution in [0.15, 0.2) is 359 Å². The van der Waals surface area contributed by atoms with Crippen molar-refractivity contribution in [3.05, 3.63) is 497 Å². The van der Waals surface area contributed by atoms with Crippen LogP contribution in [0, 0.1) is 72.0 Å². The summed E-state index contributed by atoms with van der Waals surface area (Å²) in [7, 11) is 0. The molecule has 7 aliphatic carbocycles. The molecule has 0 saturated heterocycles. The van der Waals surface area contributed by atoms with Crippen molar-refractivity contribution in [3.8, 4) is 95.6 Å². The zero-order valence-electron chi connectivity index (χ0n) is 81.3. The van der Waals surface area contributed by atoms with Gasteiger partial charge in [-0.2, -0.15) is 23.8 Å². The van der Waals surface area contributed by atoms with Crippen molar-refractivity contribution >= 4 is 0 Å². The number of hydrogen-bond donors (Lipinski definition) is 0. The molecule has 5 radical (unpaired) electrons. The standard InChI is InChI=1S/C45H36N3.C22H24N.C20H20N.C17H12N.C15H16N.C11H8N.5Ir/c1-4-12-40(13-5-1)44-27-22-37(33-46-44)20-25-39-24-19-36(18-17-35-11-10-16-43(32-35)48-29-8-3-9-30-48)31-42(39)26-21-38-23-28-45(47-34-38)41-14-6-2-7-15-41;1-22(2)18-10-17-11-21(23-13-19(17)20(22)12-18)16-8-7-14-5-3-4-6-15(14)9-16;1-2-4-14-9-17(8-5-13(14)3-1)20-11-18-15-6-7-16(10-15)19(18)12-21-20;1-2-7-14(8-3-1)15-9-6-10-16(13-15)17-11-4-5-12-18-17;1-12(2)11-14-9-6-10-15(16-14)13-7-4-3-5-8-13;1-2-6-10(7-3-1)11-8-4-5-9-12-11;;;;;/h1-12,14,19,22-24,27-29,31-34H,17-18,20-21,25-26H2;7,9,11,13,18,20H,3-6,10,12H2,1-2H3;5,9,11-12,15-16H,1-4,6-7,10H2;1-9,11-13H;3-7,9-10,12H,11H2,1-2H3;1-6,8-9H;;;;;/q-3;5*-1;;;;;. The van der Waals surface area contributed by atoms with E-state index in [1.165, 1.54) is 172 Å². The molecule has 8 aromatic heterocycles. The van der Waals surface area contributed by atoms with Crippen molar-refractivity contribution in [2.24, 2.45) is 17.3 Å². The van der Waals surface area contributed by atoms with Crippen LogP contribution >= 0.6 is 0 Å². The molecule has 10 aromatic carbocycles. The minimum absolute atomic E-state index is 0. The van der Waals surface area contributed by atoms with Crippen LogP contribution in [0.1, 0.15) is 180 Å². The molecule has 4 atom stereocenters. The SMILES string of the molecule is CC(C)Cc1cccc(-c2[c-]cccc2)n1.CC1(C)C2Cc3cc(-c4[c-]cc5c(c4)CCCC5)ncc3C1C2.[Ir].[Ir].[Ir].[Ir].[Ir].[c-]1cc2c(cc1-c1cc3c(cn1)C1CCC3C1)CCCC2.[c-]1ccc(-c2ccccc2)cc1-c1ccccn1.[c-]1ccccc1-c1ccc(CCc2ccc(CCc3cc[c-]c(-[n+]4[c-]cccc4)c3)cc2CCc2ccc(-c3[c-]cccc3)nc2)cn1.[c-]1ccccc1-c1ccccn1. The van der Waals surface area contributed by atoms with E-state index in [-0.39, 0.29) is 101 Å². The van der Waals surface area contributed by atoms with Gasteiger partial charge in [-0.05, 0) is 239 Å². The molecule has 729 valence electrons. The fourth-order valence-corrected chi connectivity index (χ4v) is 20.6. The third-order valence-corrected chi connectivity index (χ3v) is 28.4. The average molecular weight is 2750 g/mol. The van der Waals surface area contributed by atoms with Crippen molar-refractivity contribution < 1.29 is 105 Å². The molecule has 4 bridgehead atoms. The monoisotopic (exact) mass is 2750 g/mol. The first kappa shape index (κ1) is 107. The summed E-state index contributed by atoms with van der Waals surface area (Å²) in [6.45, 7) is 9.28. The third-order valence-electron chi connectivity index (χ3n) is 28.4. The van der Waals surface area contributed by atoms with Crippen LogP contribution in [0.3, 0.4) is 0 Å². The van der Waals surface area contributed by atoms with Crippen LogP contribution in [-0.4, -0.2) is 34.9 Å². The van der Waals surface area contributed by atoms with Gasteiger partial charge in [-0.1, -0.05) is 200 Å². The average Bonchev–Trinajstić information content (AvgIpc) is 1.36. The second-order valence-corrected chi connectivity index (χ2v) is 38.4. The minimum atomic E-state index is 0. The molecule has 143 heavy (non-hydrogen) atoms. The fourth-order valence-electron chi connectivity index (χ4n) is 20.6. The quantitative estimate of drug-likeness (QED) is 0.0554. The molecule has 0 amide bonds. The largest absolute Gasteiger partial charge is 0.307 e. The smallest absolute Gasteiger partial charge is 0.150 e. The Labute approximate surface area is 915 Å². The Hall–Kier alpha value is -11.4. The molecule has 8 nitrogen and oxygen atoms in total. The van der Waals surface area contributed by atoms with Crippen LogP contribution in [0.5, 0.6) is 0 Å². The zero-order valence-corrected chi connectivity index (χ0v) is 93.3.